The van der Waals surface area contributed by atoms with Crippen molar-refractivity contribution in [1.82, 2.24) is 4.98 Å². The summed E-state index contributed by atoms with van der Waals surface area (Å²) in [5, 5.41) is 5.75. The van der Waals surface area contributed by atoms with Gasteiger partial charge >= 0.3 is 0 Å². The van der Waals surface area contributed by atoms with E-state index < -0.39 is 0 Å². The molecule has 0 unspecified atom stereocenters. The number of carbonyl (C=O) groups is 1. The van der Waals surface area contributed by atoms with Gasteiger partial charge in [0.05, 0.1) is 22.8 Å². The van der Waals surface area contributed by atoms with Crippen LogP contribution in [-0.4, -0.2) is 29.7 Å². The van der Waals surface area contributed by atoms with E-state index in [1.165, 1.54) is 31.0 Å². The third kappa shape index (κ3) is 5.62. The first-order chi connectivity index (χ1) is 12.8. The number of aromatic nitrogens is 1. The molecule has 0 atom stereocenters. The van der Waals surface area contributed by atoms with Crippen molar-refractivity contribution in [3.63, 3.8) is 0 Å². The molecule has 1 aliphatic rings. The lowest BCUT2D eigenvalue weighted by atomic mass is 9.93. The molecule has 1 amide bonds. The third-order valence-corrected chi connectivity index (χ3v) is 6.76. The zero-order valence-corrected chi connectivity index (χ0v) is 18.4. The number of anilines is 2. The summed E-state index contributed by atoms with van der Waals surface area (Å²) < 4.78 is 0.928. The highest BCUT2D eigenvalue weighted by Gasteiger charge is 2.19. The summed E-state index contributed by atoms with van der Waals surface area (Å²) in [4.78, 5) is 19.5. The quantitative estimate of drug-likeness (QED) is 0.616. The van der Waals surface area contributed by atoms with E-state index in [9.17, 15) is 4.79 Å². The average molecular weight is 424 g/mol. The molecule has 27 heavy (non-hydrogen) atoms. The number of hydrogen-bond donors (Lipinski definition) is 1. The van der Waals surface area contributed by atoms with E-state index in [0.717, 1.165) is 34.5 Å². The van der Waals surface area contributed by atoms with Crippen LogP contribution in [0.4, 0.5) is 11.4 Å². The topological polar surface area (TPSA) is 45.2 Å². The number of halogens is 1. The zero-order chi connectivity index (χ0) is 19.4. The molecule has 1 aromatic carbocycles. The van der Waals surface area contributed by atoms with Gasteiger partial charge in [-0.3, -0.25) is 4.79 Å². The number of thiazole rings is 1. The third-order valence-electron chi connectivity index (χ3n) is 4.51. The van der Waals surface area contributed by atoms with Crippen molar-refractivity contribution in [3.05, 3.63) is 34.3 Å². The van der Waals surface area contributed by atoms with Crippen LogP contribution >= 0.6 is 34.7 Å². The number of rotatable bonds is 5. The molecular weight excluding hydrogens is 398 g/mol. The number of nitrogens with one attached hydrogen (secondary N) is 1. The van der Waals surface area contributed by atoms with Crippen molar-refractivity contribution in [1.29, 1.82) is 0 Å². The van der Waals surface area contributed by atoms with Gasteiger partial charge in [0.1, 0.15) is 0 Å². The maximum absolute atomic E-state index is 12.5. The van der Waals surface area contributed by atoms with Gasteiger partial charge in [-0.05, 0) is 37.5 Å². The number of benzene rings is 1. The number of carbonyl (C=O) groups excluding carboxylic acids is 1. The van der Waals surface area contributed by atoms with Crippen LogP contribution in [0.5, 0.6) is 0 Å². The van der Waals surface area contributed by atoms with E-state index in [-0.39, 0.29) is 11.3 Å². The molecule has 4 nitrogen and oxygen atoms in total. The highest BCUT2D eigenvalue weighted by atomic mass is 35.5. The number of nitrogens with zero attached hydrogens (tertiary/aromatic N) is 2. The van der Waals surface area contributed by atoms with Gasteiger partial charge in [-0.25, -0.2) is 4.98 Å². The second-order valence-electron chi connectivity index (χ2n) is 7.79. The minimum atomic E-state index is -0.0342. The van der Waals surface area contributed by atoms with Crippen LogP contribution in [0, 0.1) is 0 Å². The maximum Gasteiger partial charge on any atom is 0.234 e. The lowest BCUT2D eigenvalue weighted by Gasteiger charge is -2.30. The van der Waals surface area contributed by atoms with Crippen LogP contribution in [0.15, 0.2) is 27.9 Å². The van der Waals surface area contributed by atoms with Gasteiger partial charge in [0.2, 0.25) is 5.91 Å². The average Bonchev–Trinajstić information content (AvgIpc) is 3.10. The molecular formula is C20H26ClN3OS2. The smallest absolute Gasteiger partial charge is 0.234 e. The second kappa shape index (κ2) is 8.84. The van der Waals surface area contributed by atoms with Crippen molar-refractivity contribution in [2.45, 2.75) is 49.8 Å². The van der Waals surface area contributed by atoms with Crippen molar-refractivity contribution in [2.75, 3.05) is 29.1 Å². The Kier molecular flexibility index (Phi) is 6.71. The lowest BCUT2D eigenvalue weighted by molar-refractivity contribution is -0.113. The second-order valence-corrected chi connectivity index (χ2v) is 10.3. The van der Waals surface area contributed by atoms with Crippen LogP contribution in [0.25, 0.3) is 0 Å². The minimum Gasteiger partial charge on any atom is -0.370 e. The van der Waals surface area contributed by atoms with Gasteiger partial charge < -0.3 is 10.2 Å². The normalized spacial score (nSPS) is 15.0. The van der Waals surface area contributed by atoms with Crippen molar-refractivity contribution in [3.8, 4) is 0 Å². The Hall–Kier alpha value is -1.24. The summed E-state index contributed by atoms with van der Waals surface area (Å²) in [7, 11) is 0. The van der Waals surface area contributed by atoms with E-state index in [2.05, 4.69) is 41.4 Å². The first-order valence-corrected chi connectivity index (χ1v) is 11.5. The van der Waals surface area contributed by atoms with Crippen LogP contribution in [-0.2, 0) is 10.2 Å². The highest BCUT2D eigenvalue weighted by Crippen LogP contribution is 2.32. The molecule has 7 heteroatoms. The predicted molar refractivity (Wildman–Crippen MR) is 118 cm³/mol. The fourth-order valence-corrected chi connectivity index (χ4v) is 5.03. The molecule has 0 radical (unpaired) electrons. The van der Waals surface area contributed by atoms with Gasteiger partial charge in [-0.2, -0.15) is 0 Å². The van der Waals surface area contributed by atoms with E-state index in [0.29, 0.717) is 10.8 Å². The molecule has 3 rings (SSSR count). The summed E-state index contributed by atoms with van der Waals surface area (Å²) in [5.41, 5.74) is 2.95. The zero-order valence-electron chi connectivity index (χ0n) is 16.0. The first-order valence-electron chi connectivity index (χ1n) is 9.26. The van der Waals surface area contributed by atoms with Gasteiger partial charge in [-0.15, -0.1) is 11.3 Å². The maximum atomic E-state index is 12.5. The Morgan fingerprint density at radius 2 is 2.04 bits per heavy atom. The van der Waals surface area contributed by atoms with Gasteiger partial charge in [0.15, 0.2) is 4.34 Å². The standard InChI is InChI=1S/C20H26ClN3OS2/c1-20(2,3)17-12-26-19(23-17)27-13-18(25)22-15-11-14(21)7-8-16(15)24-9-5-4-6-10-24/h7-8,11-12H,4-6,9-10,13H2,1-3H3,(H,22,25). The molecule has 1 aromatic heterocycles. The van der Waals surface area contributed by atoms with Gasteiger partial charge in [0, 0.05) is 28.9 Å². The fraction of sp³-hybridized carbons (Fsp3) is 0.500. The van der Waals surface area contributed by atoms with Crippen molar-refractivity contribution < 1.29 is 4.79 Å². The molecule has 1 fully saturated rings. The number of piperidine rings is 1. The molecule has 2 heterocycles. The summed E-state index contributed by atoms with van der Waals surface area (Å²) in [6.45, 7) is 8.47. The van der Waals surface area contributed by atoms with E-state index >= 15 is 0 Å². The Bertz CT molecular complexity index is 795. The SMILES string of the molecule is CC(C)(C)c1csc(SCC(=O)Nc2cc(Cl)ccc2N2CCCCC2)n1. The Morgan fingerprint density at radius 1 is 1.30 bits per heavy atom. The minimum absolute atomic E-state index is 0.0295. The van der Waals surface area contributed by atoms with Crippen LogP contribution in [0.3, 0.4) is 0 Å². The molecule has 0 aliphatic carbocycles. The van der Waals surface area contributed by atoms with Crippen LogP contribution in [0.2, 0.25) is 5.02 Å². The van der Waals surface area contributed by atoms with Crippen LogP contribution < -0.4 is 10.2 Å². The molecule has 0 saturated carbocycles. The largest absolute Gasteiger partial charge is 0.370 e. The summed E-state index contributed by atoms with van der Waals surface area (Å²) in [6, 6.07) is 5.74. The lowest BCUT2D eigenvalue weighted by Crippen LogP contribution is -2.30. The first kappa shape index (κ1) is 20.5. The van der Waals surface area contributed by atoms with E-state index in [1.54, 1.807) is 11.3 Å². The molecule has 0 spiro atoms. The molecule has 2 aromatic rings. The monoisotopic (exact) mass is 423 g/mol. The molecule has 1 N–H and O–H groups in total. The Morgan fingerprint density at radius 3 is 2.70 bits per heavy atom. The van der Waals surface area contributed by atoms with Crippen LogP contribution in [0.1, 0.15) is 45.7 Å². The number of hydrogen-bond acceptors (Lipinski definition) is 5. The van der Waals surface area contributed by atoms with E-state index in [1.807, 2.05) is 18.2 Å². The molecule has 1 saturated heterocycles. The molecule has 0 bridgehead atoms. The fourth-order valence-electron chi connectivity index (χ4n) is 3.00. The summed E-state index contributed by atoms with van der Waals surface area (Å²) >= 11 is 9.25. The van der Waals surface area contributed by atoms with Crippen molar-refractivity contribution >= 4 is 52.0 Å². The van der Waals surface area contributed by atoms with Gasteiger partial charge in [-0.1, -0.05) is 44.1 Å². The number of amides is 1. The Balaban J connectivity index is 1.63. The Labute approximate surface area is 174 Å². The molecule has 146 valence electrons. The highest BCUT2D eigenvalue weighted by molar-refractivity contribution is 8.01. The van der Waals surface area contributed by atoms with Gasteiger partial charge in [0.25, 0.3) is 0 Å². The number of thioether (sulfide) groups is 1. The van der Waals surface area contributed by atoms with Crippen molar-refractivity contribution in [2.24, 2.45) is 0 Å². The summed E-state index contributed by atoms with van der Waals surface area (Å²) in [6.07, 6.45) is 3.64. The van der Waals surface area contributed by atoms with E-state index in [4.69, 9.17) is 11.6 Å². The molecule has 1 aliphatic heterocycles. The predicted octanol–water partition coefficient (Wildman–Crippen LogP) is 5.82. The summed E-state index contributed by atoms with van der Waals surface area (Å²) in [5.74, 6) is 0.302.